The summed E-state index contributed by atoms with van der Waals surface area (Å²) in [5.41, 5.74) is 0.748. The molecule has 0 aliphatic heterocycles. The Morgan fingerprint density at radius 3 is 3.09 bits per heavy atom. The number of hydrogen-bond donors (Lipinski definition) is 0. The highest BCUT2D eigenvalue weighted by atomic mass is 16.5. The lowest BCUT2D eigenvalue weighted by atomic mass is 10.6. The Morgan fingerprint density at radius 1 is 1.91 bits per heavy atom. The number of rotatable bonds is 1. The van der Waals surface area contributed by atoms with E-state index >= 15 is 0 Å². The molecule has 0 unspecified atom stereocenters. The summed E-state index contributed by atoms with van der Waals surface area (Å²) < 4.78 is 5.89. The Kier molecular flexibility index (Phi) is 2.25. The van der Waals surface area contributed by atoms with Crippen molar-refractivity contribution < 1.29 is 9.53 Å². The summed E-state index contributed by atoms with van der Waals surface area (Å²) in [6.45, 7) is 3.90. The van der Waals surface area contributed by atoms with E-state index in [2.05, 4.69) is 11.3 Å². The van der Waals surface area contributed by atoms with Crippen LogP contribution in [0.1, 0.15) is 12.6 Å². The van der Waals surface area contributed by atoms with Crippen molar-refractivity contribution in [3.05, 3.63) is 18.2 Å². The van der Waals surface area contributed by atoms with E-state index in [0.29, 0.717) is 6.61 Å². The summed E-state index contributed by atoms with van der Waals surface area (Å²) >= 11 is 0. The lowest BCUT2D eigenvalue weighted by molar-refractivity contribution is 0.153. The number of nitrogens with zero attached hydrogens (tertiary/aromatic N) is 2. The van der Waals surface area contributed by atoms with E-state index < -0.39 is 6.09 Å². The minimum absolute atomic E-state index is 0.365. The maximum Gasteiger partial charge on any atom is 0.419 e. The summed E-state index contributed by atoms with van der Waals surface area (Å²) in [7, 11) is 0. The Bertz CT molecular complexity index is 255. The zero-order valence-electron chi connectivity index (χ0n) is 6.50. The number of imidazole rings is 1. The SMILES string of the molecule is CCOC(=O)n1[c]nc(C)c1. The third-order valence-electron chi connectivity index (χ3n) is 1.11. The first-order valence-corrected chi connectivity index (χ1v) is 3.35. The molecule has 4 heteroatoms. The molecular weight excluding hydrogens is 144 g/mol. The van der Waals surface area contributed by atoms with E-state index in [1.54, 1.807) is 20.0 Å². The van der Waals surface area contributed by atoms with Crippen molar-refractivity contribution in [2.45, 2.75) is 13.8 Å². The third-order valence-corrected chi connectivity index (χ3v) is 1.11. The molecule has 0 bridgehead atoms. The zero-order chi connectivity index (χ0) is 8.27. The smallest absolute Gasteiger partial charge is 0.419 e. The standard InChI is InChI=1S/C7H9N2O2/c1-3-11-7(10)9-4-6(2)8-5-9/h4H,3H2,1-2H3. The maximum absolute atomic E-state index is 10.9. The van der Waals surface area contributed by atoms with Gasteiger partial charge in [-0.3, -0.25) is 0 Å². The van der Waals surface area contributed by atoms with Gasteiger partial charge in [0.2, 0.25) is 0 Å². The first kappa shape index (κ1) is 7.78. The molecule has 0 atom stereocenters. The number of hydrogen-bond acceptors (Lipinski definition) is 3. The molecule has 0 spiro atoms. The average molecular weight is 153 g/mol. The second kappa shape index (κ2) is 3.18. The molecule has 1 heterocycles. The van der Waals surface area contributed by atoms with E-state index in [1.165, 1.54) is 4.57 Å². The van der Waals surface area contributed by atoms with Crippen molar-refractivity contribution in [3.63, 3.8) is 0 Å². The fourth-order valence-electron chi connectivity index (χ4n) is 0.664. The van der Waals surface area contributed by atoms with Gasteiger partial charge in [-0.05, 0) is 13.8 Å². The van der Waals surface area contributed by atoms with Crippen molar-refractivity contribution in [3.8, 4) is 0 Å². The van der Waals surface area contributed by atoms with E-state index in [0.717, 1.165) is 5.69 Å². The van der Waals surface area contributed by atoms with Crippen LogP contribution >= 0.6 is 0 Å². The fourth-order valence-corrected chi connectivity index (χ4v) is 0.664. The summed E-state index contributed by atoms with van der Waals surface area (Å²) in [5.74, 6) is 0. The van der Waals surface area contributed by atoms with Crippen LogP contribution in [0.25, 0.3) is 0 Å². The van der Waals surface area contributed by atoms with Gasteiger partial charge < -0.3 is 4.74 Å². The van der Waals surface area contributed by atoms with Crippen LogP contribution in [0, 0.1) is 13.3 Å². The molecule has 1 rings (SSSR count). The molecule has 1 radical (unpaired) electrons. The van der Waals surface area contributed by atoms with Gasteiger partial charge in [-0.15, -0.1) is 0 Å². The van der Waals surface area contributed by atoms with Gasteiger partial charge >= 0.3 is 6.09 Å². The van der Waals surface area contributed by atoms with Crippen molar-refractivity contribution in [1.82, 2.24) is 9.55 Å². The Hall–Kier alpha value is -1.32. The summed E-state index contributed by atoms with van der Waals surface area (Å²) in [4.78, 5) is 14.7. The predicted molar refractivity (Wildman–Crippen MR) is 38.2 cm³/mol. The molecule has 4 nitrogen and oxygen atoms in total. The third kappa shape index (κ3) is 1.80. The Morgan fingerprint density at radius 2 is 2.64 bits per heavy atom. The summed E-state index contributed by atoms with van der Waals surface area (Å²) in [6, 6.07) is 0. The van der Waals surface area contributed by atoms with Gasteiger partial charge in [-0.2, -0.15) is 0 Å². The average Bonchev–Trinajstić information content (AvgIpc) is 2.36. The van der Waals surface area contributed by atoms with E-state index in [4.69, 9.17) is 4.74 Å². The molecule has 0 aliphatic rings. The fraction of sp³-hybridized carbons (Fsp3) is 0.429. The van der Waals surface area contributed by atoms with Gasteiger partial charge in [0.25, 0.3) is 0 Å². The van der Waals surface area contributed by atoms with Gasteiger partial charge in [0.05, 0.1) is 12.3 Å². The Labute approximate surface area is 64.8 Å². The van der Waals surface area contributed by atoms with Crippen LogP contribution < -0.4 is 0 Å². The topological polar surface area (TPSA) is 44.1 Å². The quantitative estimate of drug-likeness (QED) is 0.604. The normalized spacial score (nSPS) is 9.64. The first-order chi connectivity index (χ1) is 5.24. The molecule has 0 N–H and O–H groups in total. The molecule has 0 aliphatic carbocycles. The van der Waals surface area contributed by atoms with Crippen molar-refractivity contribution in [1.29, 1.82) is 0 Å². The lowest BCUT2D eigenvalue weighted by Crippen LogP contribution is -2.11. The van der Waals surface area contributed by atoms with Crippen LogP contribution in [0.2, 0.25) is 0 Å². The van der Waals surface area contributed by atoms with Gasteiger partial charge in [0, 0.05) is 6.20 Å². The first-order valence-electron chi connectivity index (χ1n) is 3.35. The van der Waals surface area contributed by atoms with Crippen molar-refractivity contribution in [2.24, 2.45) is 0 Å². The maximum atomic E-state index is 10.9. The molecule has 59 valence electrons. The molecular formula is C7H9N2O2. The molecule has 0 saturated carbocycles. The molecule has 1 aromatic heterocycles. The molecule has 11 heavy (non-hydrogen) atoms. The van der Waals surface area contributed by atoms with Crippen molar-refractivity contribution in [2.75, 3.05) is 6.61 Å². The van der Waals surface area contributed by atoms with Crippen LogP contribution in [-0.4, -0.2) is 22.3 Å². The monoisotopic (exact) mass is 153 g/mol. The number of carbonyl (C=O) groups excluding carboxylic acids is 1. The number of carbonyl (C=O) groups is 1. The second-order valence-corrected chi connectivity index (χ2v) is 2.05. The number of aromatic nitrogens is 2. The van der Waals surface area contributed by atoms with Gasteiger partial charge in [0.15, 0.2) is 6.33 Å². The zero-order valence-corrected chi connectivity index (χ0v) is 6.50. The van der Waals surface area contributed by atoms with Crippen LogP contribution in [0.5, 0.6) is 0 Å². The molecule has 0 amide bonds. The second-order valence-electron chi connectivity index (χ2n) is 2.05. The molecule has 0 fully saturated rings. The largest absolute Gasteiger partial charge is 0.449 e. The highest BCUT2D eigenvalue weighted by molar-refractivity contribution is 5.69. The summed E-state index contributed by atoms with van der Waals surface area (Å²) in [5, 5.41) is 0. The Balaban J connectivity index is 2.69. The minimum Gasteiger partial charge on any atom is -0.449 e. The predicted octanol–water partition coefficient (Wildman–Crippen LogP) is 0.996. The summed E-state index contributed by atoms with van der Waals surface area (Å²) in [6.07, 6.45) is 3.61. The molecule has 1 aromatic rings. The number of aryl methyl sites for hydroxylation is 1. The van der Waals surface area contributed by atoms with Gasteiger partial charge in [-0.1, -0.05) is 0 Å². The van der Waals surface area contributed by atoms with Crippen molar-refractivity contribution >= 4 is 6.09 Å². The number of ether oxygens (including phenoxy) is 1. The highest BCUT2D eigenvalue weighted by Gasteiger charge is 2.04. The van der Waals surface area contributed by atoms with Gasteiger partial charge in [-0.25, -0.2) is 14.3 Å². The molecule has 0 aromatic carbocycles. The van der Waals surface area contributed by atoms with Gasteiger partial charge in [0.1, 0.15) is 0 Å². The van der Waals surface area contributed by atoms with Crippen LogP contribution in [-0.2, 0) is 4.74 Å². The van der Waals surface area contributed by atoms with E-state index in [9.17, 15) is 4.79 Å². The molecule has 0 saturated heterocycles. The van der Waals surface area contributed by atoms with Crippen LogP contribution in [0.3, 0.4) is 0 Å². The van der Waals surface area contributed by atoms with E-state index in [-0.39, 0.29) is 0 Å². The highest BCUT2D eigenvalue weighted by Crippen LogP contribution is 1.93. The lowest BCUT2D eigenvalue weighted by Gasteiger charge is -1.98. The van der Waals surface area contributed by atoms with E-state index in [1.807, 2.05) is 0 Å². The minimum atomic E-state index is -0.437. The van der Waals surface area contributed by atoms with Crippen LogP contribution in [0.4, 0.5) is 4.79 Å². The van der Waals surface area contributed by atoms with Crippen LogP contribution in [0.15, 0.2) is 6.20 Å².